The number of aryl methyl sites for hydroxylation is 1. The number of aliphatic carboxylic acids is 1. The number of nitrogens with two attached hydrogens (primary N) is 4. The van der Waals surface area contributed by atoms with Crippen molar-refractivity contribution in [2.24, 2.45) is 44.8 Å². The number of guanidine groups is 2. The van der Waals surface area contributed by atoms with E-state index in [1.54, 1.807) is 25.1 Å². The molecule has 0 aliphatic rings. The molecule has 1 aromatic heterocycles. The van der Waals surface area contributed by atoms with Crippen molar-refractivity contribution in [3.8, 4) is 11.5 Å². The number of carboxylic acids is 1. The average Bonchev–Trinajstić information content (AvgIpc) is 3.56. The number of phenols is 1. The summed E-state index contributed by atoms with van der Waals surface area (Å²) in [5.41, 5.74) is 23.5. The standard InChI is InChI=1S/C43H66N10O7/c1-5-28(4)37(40(57)51-34(41(58)59)23-27(2)3)52-38(55)33(24-29-13-15-31(54)16-14-29)50-39(56)36-26-30-25-32(60-22-12-8-10-20-49-43(46)47)17-18-35(30)53(36)21-11-7-6-9-19-48-42(44)45/h13-18,25-28,33-34,37,54H,5-12,19-24H2,1-4H3,(H,50,56)(H,51,57)(H,52,55)(H,58,59)(H4,44,45,48)(H4,46,47,49)/t28-,33-,34-,37-/m0/s1. The van der Waals surface area contributed by atoms with Crippen LogP contribution < -0.4 is 43.6 Å². The van der Waals surface area contributed by atoms with Crippen LogP contribution in [0.2, 0.25) is 0 Å². The van der Waals surface area contributed by atoms with Crippen LogP contribution in [0.15, 0.2) is 58.5 Å². The molecule has 0 unspecified atom stereocenters. The topological polar surface area (TPSA) is 288 Å². The van der Waals surface area contributed by atoms with Gasteiger partial charge in [-0.2, -0.15) is 0 Å². The second-order valence-corrected chi connectivity index (χ2v) is 15.6. The molecule has 0 aliphatic carbocycles. The Morgan fingerprint density at radius 3 is 2.00 bits per heavy atom. The first-order chi connectivity index (χ1) is 28.6. The molecule has 3 rings (SSSR count). The zero-order chi connectivity index (χ0) is 44.2. The molecule has 0 fully saturated rings. The summed E-state index contributed by atoms with van der Waals surface area (Å²) in [5.74, 6) is -2.47. The van der Waals surface area contributed by atoms with Gasteiger partial charge in [-0.3, -0.25) is 24.4 Å². The van der Waals surface area contributed by atoms with Gasteiger partial charge in [0.05, 0.1) is 6.61 Å². The lowest BCUT2D eigenvalue weighted by Crippen LogP contribution is -2.58. The molecule has 0 bridgehead atoms. The lowest BCUT2D eigenvalue weighted by atomic mass is 9.96. The minimum Gasteiger partial charge on any atom is -0.508 e. The first-order valence-electron chi connectivity index (χ1n) is 20.9. The number of hydrogen-bond acceptors (Lipinski definition) is 8. The minimum atomic E-state index is -1.17. The van der Waals surface area contributed by atoms with Crippen molar-refractivity contribution in [2.45, 2.75) is 117 Å². The Morgan fingerprint density at radius 1 is 0.767 bits per heavy atom. The molecule has 3 amide bonds. The van der Waals surface area contributed by atoms with Crippen LogP contribution in [0.1, 0.15) is 102 Å². The number of rotatable bonds is 27. The Labute approximate surface area is 352 Å². The number of benzene rings is 2. The molecule has 2 aromatic carbocycles. The van der Waals surface area contributed by atoms with Crippen molar-refractivity contribution >= 4 is 46.5 Å². The lowest BCUT2D eigenvalue weighted by Gasteiger charge is -2.28. The van der Waals surface area contributed by atoms with Gasteiger partial charge in [-0.25, -0.2) is 4.79 Å². The zero-order valence-corrected chi connectivity index (χ0v) is 35.5. The predicted octanol–water partition coefficient (Wildman–Crippen LogP) is 3.49. The third-order valence-electron chi connectivity index (χ3n) is 10.2. The molecular formula is C43H66N10O7. The number of carboxylic acid groups (broad SMARTS) is 1. The summed E-state index contributed by atoms with van der Waals surface area (Å²) in [6, 6.07) is 10.4. The third kappa shape index (κ3) is 16.3. The van der Waals surface area contributed by atoms with Gasteiger partial charge in [0.2, 0.25) is 11.8 Å². The Hall–Kier alpha value is -6.00. The highest BCUT2D eigenvalue weighted by Gasteiger charge is 2.33. The fourth-order valence-electron chi connectivity index (χ4n) is 6.72. The van der Waals surface area contributed by atoms with E-state index in [1.165, 1.54) is 12.1 Å². The first kappa shape index (κ1) is 48.4. The van der Waals surface area contributed by atoms with Gasteiger partial charge in [-0.05, 0) is 92.3 Å². The van der Waals surface area contributed by atoms with E-state index in [9.17, 15) is 29.4 Å². The van der Waals surface area contributed by atoms with Gasteiger partial charge in [-0.1, -0.05) is 59.1 Å². The minimum absolute atomic E-state index is 0.00255. The van der Waals surface area contributed by atoms with Crippen molar-refractivity contribution in [3.63, 3.8) is 0 Å². The monoisotopic (exact) mass is 835 g/mol. The summed E-state index contributed by atoms with van der Waals surface area (Å²) < 4.78 is 7.99. The summed E-state index contributed by atoms with van der Waals surface area (Å²) in [6.07, 6.45) is 6.58. The number of fused-ring (bicyclic) bond motifs is 1. The number of aliphatic imine (C=N–C) groups is 2. The lowest BCUT2D eigenvalue weighted by molar-refractivity contribution is -0.143. The number of aromatic hydroxyl groups is 1. The van der Waals surface area contributed by atoms with E-state index in [0.717, 1.165) is 55.8 Å². The van der Waals surface area contributed by atoms with Crippen LogP contribution in [0.5, 0.6) is 11.5 Å². The second kappa shape index (κ2) is 24.8. The van der Waals surface area contributed by atoms with Crippen LogP contribution >= 0.6 is 0 Å². The number of unbranched alkanes of at least 4 members (excludes halogenated alkanes) is 5. The third-order valence-corrected chi connectivity index (χ3v) is 10.2. The van der Waals surface area contributed by atoms with Crippen LogP contribution in [0.3, 0.4) is 0 Å². The number of carbonyl (C=O) groups is 4. The Morgan fingerprint density at radius 2 is 1.40 bits per heavy atom. The number of nitrogens with one attached hydrogen (secondary N) is 3. The number of amides is 3. The molecular weight excluding hydrogens is 769 g/mol. The molecule has 17 nitrogen and oxygen atoms in total. The molecule has 4 atom stereocenters. The first-order valence-corrected chi connectivity index (χ1v) is 20.9. The van der Waals surface area contributed by atoms with Crippen molar-refractivity contribution in [1.82, 2.24) is 20.5 Å². The molecule has 17 heteroatoms. The van der Waals surface area contributed by atoms with Crippen LogP contribution in [0.25, 0.3) is 10.9 Å². The molecule has 13 N–H and O–H groups in total. The Balaban J connectivity index is 1.91. The number of nitrogens with zero attached hydrogens (tertiary/aromatic N) is 3. The van der Waals surface area contributed by atoms with E-state index >= 15 is 0 Å². The zero-order valence-electron chi connectivity index (χ0n) is 35.5. The van der Waals surface area contributed by atoms with E-state index in [-0.39, 0.29) is 42.3 Å². The largest absolute Gasteiger partial charge is 0.508 e. The number of carbonyl (C=O) groups excluding carboxylic acids is 3. The molecule has 1 heterocycles. The van der Waals surface area contributed by atoms with Crippen molar-refractivity contribution < 1.29 is 34.1 Å². The van der Waals surface area contributed by atoms with Gasteiger partial charge in [0.15, 0.2) is 11.9 Å². The van der Waals surface area contributed by atoms with E-state index in [4.69, 9.17) is 27.7 Å². The maximum absolute atomic E-state index is 14.4. The summed E-state index contributed by atoms with van der Waals surface area (Å²) in [4.78, 5) is 62.3. The maximum atomic E-state index is 14.4. The smallest absolute Gasteiger partial charge is 0.326 e. The number of hydrogen-bond donors (Lipinski definition) is 9. The van der Waals surface area contributed by atoms with E-state index in [1.807, 2.05) is 43.5 Å². The van der Waals surface area contributed by atoms with E-state index in [2.05, 4.69) is 25.9 Å². The number of aromatic nitrogens is 1. The molecule has 330 valence electrons. The van der Waals surface area contributed by atoms with Gasteiger partial charge < -0.3 is 58.4 Å². The van der Waals surface area contributed by atoms with Gasteiger partial charge in [0, 0.05) is 37.0 Å². The fourth-order valence-corrected chi connectivity index (χ4v) is 6.72. The number of phenolic OH excluding ortho intramolecular Hbond substituents is 1. The van der Waals surface area contributed by atoms with Gasteiger partial charge >= 0.3 is 5.97 Å². The maximum Gasteiger partial charge on any atom is 0.326 e. The molecule has 0 aliphatic heterocycles. The fraction of sp³-hybridized carbons (Fsp3) is 0.535. The van der Waals surface area contributed by atoms with E-state index in [0.29, 0.717) is 49.7 Å². The van der Waals surface area contributed by atoms with Crippen LogP contribution in [-0.4, -0.2) is 88.2 Å². The Kier molecular flexibility index (Phi) is 20.0. The van der Waals surface area contributed by atoms with Crippen LogP contribution in [0, 0.1) is 11.8 Å². The quantitative estimate of drug-likeness (QED) is 0.0304. The molecule has 0 saturated heterocycles. The summed E-state index contributed by atoms with van der Waals surface area (Å²) in [5, 5.41) is 28.9. The summed E-state index contributed by atoms with van der Waals surface area (Å²) in [6.45, 7) is 9.46. The Bertz CT molecular complexity index is 1900. The highest BCUT2D eigenvalue weighted by molar-refractivity contribution is 6.01. The van der Waals surface area contributed by atoms with Gasteiger partial charge in [0.25, 0.3) is 5.91 Å². The number of ether oxygens (including phenoxy) is 1. The molecule has 60 heavy (non-hydrogen) atoms. The summed E-state index contributed by atoms with van der Waals surface area (Å²) in [7, 11) is 0. The normalized spacial score (nSPS) is 13.2. The molecule has 3 aromatic rings. The van der Waals surface area contributed by atoms with Crippen LogP contribution in [0.4, 0.5) is 0 Å². The van der Waals surface area contributed by atoms with Crippen molar-refractivity contribution in [2.75, 3.05) is 19.7 Å². The molecule has 0 radical (unpaired) electrons. The predicted molar refractivity (Wildman–Crippen MR) is 235 cm³/mol. The highest BCUT2D eigenvalue weighted by Crippen LogP contribution is 2.26. The van der Waals surface area contributed by atoms with Crippen LogP contribution in [-0.2, 0) is 27.3 Å². The van der Waals surface area contributed by atoms with E-state index < -0.39 is 41.8 Å². The SMILES string of the molecule is CC[C@H](C)[C@H](NC(=O)[C@H](Cc1ccc(O)cc1)NC(=O)c1cc2cc(OCCCCCN=C(N)N)ccc2n1CCCCCCN=C(N)N)C(=O)N[C@@H](CC(C)C)C(=O)O. The van der Waals surface area contributed by atoms with Crippen molar-refractivity contribution in [1.29, 1.82) is 0 Å². The summed E-state index contributed by atoms with van der Waals surface area (Å²) >= 11 is 0. The highest BCUT2D eigenvalue weighted by atomic mass is 16.5. The van der Waals surface area contributed by atoms with Crippen molar-refractivity contribution in [3.05, 3.63) is 59.8 Å². The molecule has 0 spiro atoms. The molecule has 0 saturated carbocycles. The van der Waals surface area contributed by atoms with Gasteiger partial charge in [0.1, 0.15) is 35.3 Å². The second-order valence-electron chi connectivity index (χ2n) is 15.6. The van der Waals surface area contributed by atoms with Gasteiger partial charge in [-0.15, -0.1) is 0 Å². The average molecular weight is 835 g/mol.